The van der Waals surface area contributed by atoms with E-state index in [0.717, 1.165) is 12.8 Å². The van der Waals surface area contributed by atoms with Crippen molar-refractivity contribution in [3.63, 3.8) is 0 Å². The van der Waals surface area contributed by atoms with E-state index < -0.39 is 6.10 Å². The summed E-state index contributed by atoms with van der Waals surface area (Å²) in [5, 5.41) is 21.2. The second kappa shape index (κ2) is 3.90. The van der Waals surface area contributed by atoms with Crippen LogP contribution in [0.15, 0.2) is 0 Å². The lowest BCUT2D eigenvalue weighted by Crippen LogP contribution is -2.40. The lowest BCUT2D eigenvalue weighted by atomic mass is 9.82. The molecule has 0 unspecified atom stereocenters. The molecule has 0 aromatic rings. The van der Waals surface area contributed by atoms with Gasteiger partial charge in [0.1, 0.15) is 6.10 Å². The molecule has 5 nitrogen and oxygen atoms in total. The fraction of sp³-hybridized carbons (Fsp3) is 0.800. The van der Waals surface area contributed by atoms with Gasteiger partial charge in [0, 0.05) is 0 Å². The molecule has 0 aromatic heterocycles. The average molecular weight is 213 g/mol. The number of hydrogen-bond acceptors (Lipinski definition) is 4. The maximum atomic E-state index is 11.3. The van der Waals surface area contributed by atoms with Crippen LogP contribution < -0.4 is 0 Å². The summed E-state index contributed by atoms with van der Waals surface area (Å²) in [7, 11) is 0. The van der Waals surface area contributed by atoms with Gasteiger partial charge in [-0.25, -0.2) is 4.79 Å². The van der Waals surface area contributed by atoms with Crippen LogP contribution in [0.5, 0.6) is 0 Å². The molecule has 1 aliphatic heterocycles. The second-order valence-corrected chi connectivity index (χ2v) is 4.20. The number of hydrogen-bond donors (Lipinski definition) is 1. The highest BCUT2D eigenvalue weighted by Gasteiger charge is 2.49. The molecule has 0 spiro atoms. The molecule has 84 valence electrons. The van der Waals surface area contributed by atoms with E-state index in [0.29, 0.717) is 16.9 Å². The van der Waals surface area contributed by atoms with E-state index in [1.165, 1.54) is 0 Å². The number of carbonyl (C=O) groups excluding carboxylic acids is 1. The van der Waals surface area contributed by atoms with Crippen molar-refractivity contribution in [2.24, 2.45) is 5.92 Å². The van der Waals surface area contributed by atoms with Crippen molar-refractivity contribution in [2.75, 3.05) is 0 Å². The SMILES string of the molecule is C[C@@H]1O[C@@H]2CCC[C@H](O)[C@@H]2/C1=[N+](\[O-])C=O. The highest BCUT2D eigenvalue weighted by Crippen LogP contribution is 2.35. The monoisotopic (exact) mass is 213 g/mol. The van der Waals surface area contributed by atoms with Gasteiger partial charge >= 0.3 is 6.41 Å². The average Bonchev–Trinajstić information content (AvgIpc) is 2.55. The number of nitrogens with zero attached hydrogens (tertiary/aromatic N) is 1. The number of aliphatic hydroxyl groups is 1. The third-order valence-corrected chi connectivity index (χ3v) is 3.29. The van der Waals surface area contributed by atoms with Crippen molar-refractivity contribution in [1.29, 1.82) is 0 Å². The molecule has 1 amide bonds. The fourth-order valence-electron chi connectivity index (χ4n) is 2.67. The van der Waals surface area contributed by atoms with Gasteiger partial charge in [-0.3, -0.25) is 0 Å². The first kappa shape index (κ1) is 10.6. The van der Waals surface area contributed by atoms with E-state index >= 15 is 0 Å². The minimum atomic E-state index is -0.555. The van der Waals surface area contributed by atoms with Gasteiger partial charge in [0.2, 0.25) is 5.71 Å². The van der Waals surface area contributed by atoms with Crippen molar-refractivity contribution in [3.05, 3.63) is 5.21 Å². The zero-order valence-electron chi connectivity index (χ0n) is 8.63. The molecule has 0 radical (unpaired) electrons. The lowest BCUT2D eigenvalue weighted by molar-refractivity contribution is -0.368. The number of hydroxylamine groups is 1. The Bertz CT molecular complexity index is 302. The maximum absolute atomic E-state index is 11.3. The molecular formula is C10H15NO4. The first-order valence-corrected chi connectivity index (χ1v) is 5.27. The Balaban J connectivity index is 2.34. The first-order chi connectivity index (χ1) is 7.15. The summed E-state index contributed by atoms with van der Waals surface area (Å²) in [6, 6.07) is 0. The summed E-state index contributed by atoms with van der Waals surface area (Å²) in [5.41, 5.74) is 0.377. The highest BCUT2D eigenvalue weighted by molar-refractivity contribution is 5.90. The predicted octanol–water partition coefficient (Wildman–Crippen LogP) is 0.0424. The van der Waals surface area contributed by atoms with Crippen LogP contribution in [0.1, 0.15) is 26.2 Å². The normalized spacial score (nSPS) is 43.6. The summed E-state index contributed by atoms with van der Waals surface area (Å²) >= 11 is 0. The van der Waals surface area contributed by atoms with Crippen LogP contribution in [0, 0.1) is 11.1 Å². The molecule has 0 bridgehead atoms. The first-order valence-electron chi connectivity index (χ1n) is 5.27. The molecular weight excluding hydrogens is 198 g/mol. The topological polar surface area (TPSA) is 72.6 Å². The number of carbonyl (C=O) groups is 1. The largest absolute Gasteiger partial charge is 0.616 e. The van der Waals surface area contributed by atoms with Crippen LogP contribution in [-0.4, -0.2) is 40.3 Å². The maximum Gasteiger partial charge on any atom is 0.386 e. The summed E-state index contributed by atoms with van der Waals surface area (Å²) in [6.45, 7) is 1.74. The van der Waals surface area contributed by atoms with Gasteiger partial charge in [0.05, 0.1) is 18.1 Å². The van der Waals surface area contributed by atoms with Crippen LogP contribution >= 0.6 is 0 Å². The summed E-state index contributed by atoms with van der Waals surface area (Å²) < 4.78 is 5.88. The van der Waals surface area contributed by atoms with Gasteiger partial charge in [-0.2, -0.15) is 0 Å². The minimum Gasteiger partial charge on any atom is -0.616 e. The van der Waals surface area contributed by atoms with Crippen LogP contribution in [-0.2, 0) is 9.53 Å². The third-order valence-electron chi connectivity index (χ3n) is 3.29. The van der Waals surface area contributed by atoms with Crippen molar-refractivity contribution in [1.82, 2.24) is 0 Å². The Labute approximate surface area is 87.9 Å². The van der Waals surface area contributed by atoms with Crippen LogP contribution in [0.4, 0.5) is 0 Å². The Kier molecular flexibility index (Phi) is 2.75. The lowest BCUT2D eigenvalue weighted by Gasteiger charge is -2.27. The molecule has 1 heterocycles. The quantitative estimate of drug-likeness (QED) is 0.289. The van der Waals surface area contributed by atoms with Gasteiger partial charge in [-0.05, 0) is 26.2 Å². The number of rotatable bonds is 1. The number of amides is 1. The summed E-state index contributed by atoms with van der Waals surface area (Å²) in [5.74, 6) is -0.295. The molecule has 15 heavy (non-hydrogen) atoms. The fourth-order valence-corrected chi connectivity index (χ4v) is 2.67. The molecule has 0 aromatic carbocycles. The van der Waals surface area contributed by atoms with E-state index in [2.05, 4.69) is 0 Å². The Morgan fingerprint density at radius 2 is 2.33 bits per heavy atom. The van der Waals surface area contributed by atoms with E-state index in [9.17, 15) is 15.1 Å². The highest BCUT2D eigenvalue weighted by atomic mass is 16.5. The second-order valence-electron chi connectivity index (χ2n) is 4.20. The Morgan fingerprint density at radius 1 is 1.60 bits per heavy atom. The number of fused-ring (bicyclic) bond motifs is 1. The van der Waals surface area contributed by atoms with Crippen molar-refractivity contribution in [3.8, 4) is 0 Å². The molecule has 5 heteroatoms. The molecule has 2 fully saturated rings. The van der Waals surface area contributed by atoms with Crippen molar-refractivity contribution < 1.29 is 19.4 Å². The molecule has 1 N–H and O–H groups in total. The predicted molar refractivity (Wildman–Crippen MR) is 52.4 cm³/mol. The van der Waals surface area contributed by atoms with Gasteiger partial charge in [-0.1, -0.05) is 0 Å². The number of aliphatic hydroxyl groups excluding tert-OH is 1. The molecule has 1 saturated heterocycles. The zero-order chi connectivity index (χ0) is 11.0. The molecule has 1 saturated carbocycles. The molecule has 4 atom stereocenters. The van der Waals surface area contributed by atoms with E-state index in [1.807, 2.05) is 0 Å². The van der Waals surface area contributed by atoms with E-state index in [1.54, 1.807) is 6.92 Å². The summed E-state index contributed by atoms with van der Waals surface area (Å²) in [6.07, 6.45) is 1.64. The minimum absolute atomic E-state index is 0.102. The standard InChI is InChI=1S/C10H15NO4/c1-6-10(11(14)5-12)9-7(13)3-2-4-8(9)15-6/h5-9,13H,2-4H2,1H3/b11-10-/t6-,7-,8+,9-/m0/s1. The van der Waals surface area contributed by atoms with Crippen LogP contribution in [0.25, 0.3) is 0 Å². The zero-order valence-corrected chi connectivity index (χ0v) is 8.63. The van der Waals surface area contributed by atoms with Crippen molar-refractivity contribution in [2.45, 2.75) is 44.5 Å². The third kappa shape index (κ3) is 1.66. The Morgan fingerprint density at radius 3 is 3.00 bits per heavy atom. The van der Waals surface area contributed by atoms with E-state index in [-0.39, 0.29) is 24.5 Å². The molecule has 1 aliphatic carbocycles. The summed E-state index contributed by atoms with van der Waals surface area (Å²) in [4.78, 5) is 10.5. The van der Waals surface area contributed by atoms with Gasteiger partial charge in [0.25, 0.3) is 0 Å². The smallest absolute Gasteiger partial charge is 0.386 e. The Hall–Kier alpha value is -0.940. The van der Waals surface area contributed by atoms with Gasteiger partial charge in [-0.15, -0.1) is 4.74 Å². The van der Waals surface area contributed by atoms with Crippen LogP contribution in [0.2, 0.25) is 0 Å². The molecule has 2 rings (SSSR count). The van der Waals surface area contributed by atoms with Crippen molar-refractivity contribution >= 4 is 12.1 Å². The van der Waals surface area contributed by atoms with Gasteiger partial charge in [0.15, 0.2) is 0 Å². The van der Waals surface area contributed by atoms with Gasteiger partial charge < -0.3 is 15.1 Å². The van der Waals surface area contributed by atoms with Crippen LogP contribution in [0.3, 0.4) is 0 Å². The number of ether oxygens (including phenoxy) is 1. The van der Waals surface area contributed by atoms with E-state index in [4.69, 9.17) is 4.74 Å². The molecule has 2 aliphatic rings.